The second-order valence-corrected chi connectivity index (χ2v) is 6.58. The van der Waals surface area contributed by atoms with Gasteiger partial charge in [-0.2, -0.15) is 5.10 Å². The molecular weight excluding hydrogens is 374 g/mol. The van der Waals surface area contributed by atoms with Crippen LogP contribution in [0.1, 0.15) is 5.56 Å². The second kappa shape index (κ2) is 7.77. The molecule has 0 saturated carbocycles. The minimum Gasteiger partial charge on any atom is -0.283 e. The second-order valence-electron chi connectivity index (χ2n) is 5.81. The van der Waals surface area contributed by atoms with Gasteiger partial charge in [-0.05, 0) is 43.0 Å². The predicted octanol–water partition coefficient (Wildman–Crippen LogP) is 4.05. The van der Waals surface area contributed by atoms with Gasteiger partial charge in [-0.15, -0.1) is 0 Å². The Bertz CT molecular complexity index is 986. The normalized spacial score (nSPS) is 11.0. The van der Waals surface area contributed by atoms with Gasteiger partial charge < -0.3 is 0 Å². The number of benzene rings is 2. The van der Waals surface area contributed by atoms with Crippen LogP contribution in [0.2, 0.25) is 5.02 Å². The van der Waals surface area contributed by atoms with Crippen molar-refractivity contribution in [3.8, 4) is 5.69 Å². The minimum absolute atomic E-state index is 0.0165. The molecule has 3 aromatic rings. The summed E-state index contributed by atoms with van der Waals surface area (Å²) in [5.41, 5.74) is 1.63. The average Bonchev–Trinajstić information content (AvgIpc) is 2.98. The summed E-state index contributed by atoms with van der Waals surface area (Å²) in [5, 5.41) is 15.8. The molecule has 3 rings (SSSR count). The molecule has 134 valence electrons. The molecule has 0 bridgehead atoms. The summed E-state index contributed by atoms with van der Waals surface area (Å²) in [5.74, 6) is 0. The van der Waals surface area contributed by atoms with Gasteiger partial charge in [-0.1, -0.05) is 29.8 Å². The van der Waals surface area contributed by atoms with Gasteiger partial charge in [0.1, 0.15) is 6.33 Å². The Morgan fingerprint density at radius 2 is 2.00 bits per heavy atom. The molecule has 0 radical (unpaired) electrons. The third-order valence-electron chi connectivity index (χ3n) is 3.82. The Morgan fingerprint density at radius 3 is 2.69 bits per heavy atom. The molecule has 2 aromatic carbocycles. The minimum atomic E-state index is -0.433. The van der Waals surface area contributed by atoms with Crippen molar-refractivity contribution in [3.05, 3.63) is 80.3 Å². The van der Waals surface area contributed by atoms with Crippen LogP contribution in [0.4, 0.5) is 5.69 Å². The van der Waals surface area contributed by atoms with E-state index in [0.717, 1.165) is 5.69 Å². The lowest BCUT2D eigenvalue weighted by Crippen LogP contribution is -2.22. The number of hydrogen-bond acceptors (Lipinski definition) is 5. The summed E-state index contributed by atoms with van der Waals surface area (Å²) in [6, 6.07) is 14.1. The van der Waals surface area contributed by atoms with Crippen LogP contribution in [0, 0.1) is 14.9 Å². The number of halogens is 1. The first-order valence-corrected chi connectivity index (χ1v) is 8.55. The molecule has 0 atom stereocenters. The Morgan fingerprint density at radius 1 is 1.27 bits per heavy atom. The average molecular weight is 390 g/mol. The number of para-hydroxylation sites is 1. The maximum atomic E-state index is 10.9. The van der Waals surface area contributed by atoms with Gasteiger partial charge in [-0.3, -0.25) is 19.6 Å². The highest BCUT2D eigenvalue weighted by molar-refractivity contribution is 7.71. The van der Waals surface area contributed by atoms with Gasteiger partial charge in [0.15, 0.2) is 0 Å². The molecule has 0 N–H and O–H groups in total. The topological polar surface area (TPSA) is 69.1 Å². The summed E-state index contributed by atoms with van der Waals surface area (Å²) in [6.07, 6.45) is 1.67. The summed E-state index contributed by atoms with van der Waals surface area (Å²) in [7, 11) is 1.87. The first-order valence-electron chi connectivity index (χ1n) is 7.77. The number of nitro benzene ring substituents is 1. The van der Waals surface area contributed by atoms with Crippen LogP contribution >= 0.6 is 23.8 Å². The van der Waals surface area contributed by atoms with Crippen molar-refractivity contribution in [3.63, 3.8) is 0 Å². The molecule has 9 heteroatoms. The zero-order valence-electron chi connectivity index (χ0n) is 13.9. The highest BCUT2D eigenvalue weighted by atomic mass is 35.5. The fourth-order valence-electron chi connectivity index (χ4n) is 2.57. The maximum absolute atomic E-state index is 10.9. The lowest BCUT2D eigenvalue weighted by molar-refractivity contribution is -0.384. The number of hydrogen-bond donors (Lipinski definition) is 0. The van der Waals surface area contributed by atoms with Gasteiger partial charge in [0.2, 0.25) is 4.77 Å². The van der Waals surface area contributed by atoms with Crippen molar-refractivity contribution in [1.82, 2.24) is 19.2 Å². The number of nitro groups is 1. The van der Waals surface area contributed by atoms with Gasteiger partial charge in [0, 0.05) is 29.4 Å². The quantitative estimate of drug-likeness (QED) is 0.361. The monoisotopic (exact) mass is 389 g/mol. The lowest BCUT2D eigenvalue weighted by Gasteiger charge is -2.17. The van der Waals surface area contributed by atoms with E-state index in [1.54, 1.807) is 17.1 Å². The molecule has 26 heavy (non-hydrogen) atoms. The largest absolute Gasteiger partial charge is 0.283 e. The molecule has 0 aliphatic heterocycles. The van der Waals surface area contributed by atoms with Crippen LogP contribution in [-0.2, 0) is 13.2 Å². The SMILES string of the molecule is CN(Cc1cc([N+](=O)[O-])ccc1Cl)Cn1ncn(-c2ccccc2)c1=S. The van der Waals surface area contributed by atoms with Crippen LogP contribution < -0.4 is 0 Å². The van der Waals surface area contributed by atoms with Crippen molar-refractivity contribution >= 4 is 29.5 Å². The number of rotatable bonds is 6. The number of non-ortho nitro benzene ring substituents is 1. The summed E-state index contributed by atoms with van der Waals surface area (Å²) in [6.45, 7) is 0.859. The zero-order valence-corrected chi connectivity index (χ0v) is 15.5. The first-order chi connectivity index (χ1) is 12.5. The molecule has 0 aliphatic rings. The van der Waals surface area contributed by atoms with E-state index < -0.39 is 4.92 Å². The van der Waals surface area contributed by atoms with Gasteiger partial charge >= 0.3 is 0 Å². The Labute approximate surface area is 160 Å². The number of nitrogens with zero attached hydrogens (tertiary/aromatic N) is 5. The van der Waals surface area contributed by atoms with E-state index in [1.165, 1.54) is 12.1 Å². The maximum Gasteiger partial charge on any atom is 0.269 e. The molecule has 0 fully saturated rings. The molecule has 0 aliphatic carbocycles. The van der Waals surface area contributed by atoms with Crippen LogP contribution in [0.3, 0.4) is 0 Å². The third kappa shape index (κ3) is 3.98. The van der Waals surface area contributed by atoms with Crippen molar-refractivity contribution in [2.75, 3.05) is 7.05 Å². The standard InChI is InChI=1S/C17H16ClN5O2S/c1-20(10-13-9-15(23(24)25)7-8-16(13)18)12-22-17(26)21(11-19-22)14-5-3-2-4-6-14/h2-9,11H,10,12H2,1H3. The number of aromatic nitrogens is 3. The van der Waals surface area contributed by atoms with E-state index in [9.17, 15) is 10.1 Å². The van der Waals surface area contributed by atoms with Crippen LogP contribution in [0.15, 0.2) is 54.9 Å². The molecule has 1 aromatic heterocycles. The Balaban J connectivity index is 1.76. The molecule has 0 spiro atoms. The lowest BCUT2D eigenvalue weighted by atomic mass is 10.2. The fraction of sp³-hybridized carbons (Fsp3) is 0.176. The third-order valence-corrected chi connectivity index (χ3v) is 4.60. The van der Waals surface area contributed by atoms with E-state index in [-0.39, 0.29) is 5.69 Å². The first kappa shape index (κ1) is 18.2. The van der Waals surface area contributed by atoms with Crippen LogP contribution in [0.25, 0.3) is 5.69 Å². The van der Waals surface area contributed by atoms with E-state index in [4.69, 9.17) is 23.8 Å². The molecule has 1 heterocycles. The van der Waals surface area contributed by atoms with E-state index in [2.05, 4.69) is 5.10 Å². The van der Waals surface area contributed by atoms with Gasteiger partial charge in [0.05, 0.1) is 11.6 Å². The molecule has 0 unspecified atom stereocenters. The molecule has 0 amide bonds. The highest BCUT2D eigenvalue weighted by Crippen LogP contribution is 2.23. The van der Waals surface area contributed by atoms with E-state index in [0.29, 0.717) is 28.6 Å². The van der Waals surface area contributed by atoms with E-state index in [1.807, 2.05) is 46.8 Å². The van der Waals surface area contributed by atoms with Crippen molar-refractivity contribution in [2.45, 2.75) is 13.2 Å². The summed E-state index contributed by atoms with van der Waals surface area (Å²) in [4.78, 5) is 12.4. The Hall–Kier alpha value is -2.55. The van der Waals surface area contributed by atoms with Gasteiger partial charge in [0.25, 0.3) is 5.69 Å². The summed E-state index contributed by atoms with van der Waals surface area (Å²) >= 11 is 11.7. The molecule has 0 saturated heterocycles. The zero-order chi connectivity index (χ0) is 18.7. The predicted molar refractivity (Wildman–Crippen MR) is 102 cm³/mol. The Kier molecular flexibility index (Phi) is 5.46. The molecule has 7 nitrogen and oxygen atoms in total. The molecular formula is C17H16ClN5O2S. The van der Waals surface area contributed by atoms with Crippen molar-refractivity contribution < 1.29 is 4.92 Å². The smallest absolute Gasteiger partial charge is 0.269 e. The summed E-state index contributed by atoms with van der Waals surface area (Å²) < 4.78 is 4.07. The van der Waals surface area contributed by atoms with Crippen molar-refractivity contribution in [1.29, 1.82) is 0 Å². The van der Waals surface area contributed by atoms with Crippen molar-refractivity contribution in [2.24, 2.45) is 0 Å². The fourth-order valence-corrected chi connectivity index (χ4v) is 3.00. The van der Waals surface area contributed by atoms with Gasteiger partial charge in [-0.25, -0.2) is 4.68 Å². The van der Waals surface area contributed by atoms with Crippen LogP contribution in [-0.4, -0.2) is 31.2 Å². The van der Waals surface area contributed by atoms with E-state index >= 15 is 0 Å². The highest BCUT2D eigenvalue weighted by Gasteiger charge is 2.12. The van der Waals surface area contributed by atoms with Crippen LogP contribution in [0.5, 0.6) is 0 Å².